The molecule has 0 aliphatic heterocycles. The molecule has 0 bridgehead atoms. The van der Waals surface area contributed by atoms with Crippen LogP contribution < -0.4 is 58.8 Å². The van der Waals surface area contributed by atoms with Gasteiger partial charge in [-0.3, -0.25) is 89.5 Å². The van der Waals surface area contributed by atoms with Crippen molar-refractivity contribution in [3.05, 3.63) is 303 Å². The van der Waals surface area contributed by atoms with Crippen molar-refractivity contribution in [2.45, 2.75) is 154 Å². The monoisotopic (exact) mass is 2100 g/mol. The zero-order chi connectivity index (χ0) is 107. The molecule has 0 saturated carbocycles. The van der Waals surface area contributed by atoms with Gasteiger partial charge in [-0.2, -0.15) is 4.99 Å². The molecule has 43 nitrogen and oxygen atoms in total. The molecule has 0 unspecified atom stereocenters. The number of phenols is 1. The van der Waals surface area contributed by atoms with E-state index < -0.39 is 50.7 Å². The summed E-state index contributed by atoms with van der Waals surface area (Å²) in [5.74, 6) is 3.64. The van der Waals surface area contributed by atoms with Gasteiger partial charge in [-0.25, -0.2) is 9.00 Å². The summed E-state index contributed by atoms with van der Waals surface area (Å²) in [5.41, 5.74) is 13.0. The third-order valence-electron chi connectivity index (χ3n) is 18.7. The summed E-state index contributed by atoms with van der Waals surface area (Å²) in [6.45, 7) is 3.13. The number of nitrogens with two attached hydrogens (primary N) is 2. The fraction of sp³-hybridized carbons (Fsp3) is 0.313. The van der Waals surface area contributed by atoms with Crippen molar-refractivity contribution >= 4 is 135 Å². The number of nitrogens with zero attached hydrogens (tertiary/aromatic N) is 8. The van der Waals surface area contributed by atoms with E-state index in [2.05, 4.69) is 35.8 Å². The Morgan fingerprint density at radius 2 is 0.548 bits per heavy atom. The molecule has 10 aromatic carbocycles. The van der Waals surface area contributed by atoms with Gasteiger partial charge in [-0.15, -0.1) is 5.26 Å². The molecule has 780 valence electrons. The summed E-state index contributed by atoms with van der Waals surface area (Å²) in [7, 11) is 8.73. The molecular weight excluding hydrogens is 2000 g/mol. The topological polar surface area (TPSA) is 626 Å². The number of ether oxygens (including phenoxy) is 11. The predicted octanol–water partition coefficient (Wildman–Crippen LogP) is 22.5. The van der Waals surface area contributed by atoms with Crippen molar-refractivity contribution in [2.24, 2.45) is 4.99 Å². The predicted molar refractivity (Wildman–Crippen MR) is 540 cm³/mol. The fourth-order valence-electron chi connectivity index (χ4n) is 11.3. The van der Waals surface area contributed by atoms with Crippen LogP contribution in [0.3, 0.4) is 0 Å². The largest absolute Gasteiger partial charge is 0.508 e. The molecule has 6 N–H and O–H groups in total. The highest BCUT2D eigenvalue weighted by Crippen LogP contribution is 2.27. The minimum Gasteiger partial charge on any atom is -0.508 e. The molecule has 0 radical (unpaired) electrons. The van der Waals surface area contributed by atoms with Crippen LogP contribution in [0.25, 0.3) is 0 Å². The third-order valence-corrected chi connectivity index (χ3v) is 18.9. The number of nitro groups is 6. The molecule has 0 aromatic heterocycles. The number of hydrogen-bond donors (Lipinski definition) is 4. The quantitative estimate of drug-likeness (QED) is 0.00263. The molecule has 0 spiro atoms. The number of phenolic OH excluding ortho intramolecular Hbond substituents is 1. The Hall–Kier alpha value is -16.5. The number of carbonyl (C=O) groups excluding carboxylic acids is 6. The summed E-state index contributed by atoms with van der Waals surface area (Å²) in [6, 6.07) is 61.2. The Balaban J connectivity index is 0.000000441. The van der Waals surface area contributed by atoms with Crippen LogP contribution in [0.1, 0.15) is 154 Å². The van der Waals surface area contributed by atoms with E-state index >= 15 is 0 Å². The van der Waals surface area contributed by atoms with E-state index in [1.807, 2.05) is 24.3 Å². The van der Waals surface area contributed by atoms with Gasteiger partial charge in [-0.1, -0.05) is 0 Å². The highest BCUT2D eigenvalue weighted by Gasteiger charge is 2.15. The lowest BCUT2D eigenvalue weighted by molar-refractivity contribution is -0.385. The standard InChI is InChI=1S/C20H18N2O5.C18H18N2O7.C18H22N2O3.C13H17NO5.C12H14ClNO4.C12H15NO5.C6H5NO3.Cl2OS/c21-14-26-18-11-9-17(10-12-18)25-13-3-1-2-4-20(24)27-19-7-5-16(6-8-19)22-15-23;21-18(27-17-11-7-15(8-12-17)20(24)25)4-2-1-3-13-26-16-9-5-14(6-10-16)19(22)23;19-14-5-9-16(10-6-14)22-13-3-1-2-4-18(21)23-17-11-7-15(20)8-12-17;1-18-13(15)5-3-2-4-10-19-12-8-6-11(7-9-12)14(16)17;13-12(15)4-2-1-3-9-18-11-7-5-10(6-8-11)14(16)17;14-12(15)4-2-1-3-9-18-11-7-5-10(6-8-11)13(16)17;8-6-3-1-5(2-4-6)7(9)10;1-4(2)3/h2*5-12H,1-4,13H2;5-12H,1-4,13,19-20H2;6-9H,2-5,10H2,1H3;5-8H,1-4,9H2;5-8H,1-4,9H2,(H,14,15);1-4,8H;. The summed E-state index contributed by atoms with van der Waals surface area (Å²) in [4.78, 5) is 140. The van der Waals surface area contributed by atoms with Crippen LogP contribution in [0, 0.1) is 72.2 Å². The highest BCUT2D eigenvalue weighted by molar-refractivity contribution is 8.26. The van der Waals surface area contributed by atoms with Crippen LogP contribution in [0.4, 0.5) is 51.2 Å². The molecule has 0 aliphatic rings. The smallest absolute Gasteiger partial charge is 0.311 e. The average molecular weight is 2110 g/mol. The fourth-order valence-corrected chi connectivity index (χ4v) is 11.5. The van der Waals surface area contributed by atoms with Gasteiger partial charge in [-0.05, 0) is 297 Å². The van der Waals surface area contributed by atoms with Gasteiger partial charge in [0.25, 0.3) is 40.4 Å². The number of hydrogen-bond acceptors (Lipinski definition) is 36. The van der Waals surface area contributed by atoms with Crippen molar-refractivity contribution < 1.29 is 130 Å². The Labute approximate surface area is 854 Å². The summed E-state index contributed by atoms with van der Waals surface area (Å²) < 4.78 is 66.7. The maximum Gasteiger partial charge on any atom is 0.311 e. The van der Waals surface area contributed by atoms with Crippen molar-refractivity contribution in [1.82, 2.24) is 0 Å². The SMILES string of the molecule is COC(=O)CCCCCOc1ccc([N+](=O)[O-])cc1.N#COc1ccc(OCCCCCC(=O)Oc2ccc(N=C=O)cc2)cc1.Nc1ccc(OCCCCCC(=O)Oc2ccc(N)cc2)cc1.O=C(CCCCCOc1ccc([N+](=O)[O-])cc1)Oc1ccc([N+](=O)[O-])cc1.O=C(Cl)CCCCCOc1ccc([N+](=O)[O-])cc1.O=C(O)CCCCCOc1ccc([N+](=O)[O-])cc1.O=S(Cl)Cl.O=[N+]([O-])c1ccc(O)cc1. The first-order valence-corrected chi connectivity index (χ1v) is 48.0. The number of non-ortho nitro benzene ring substituents is 6. The van der Waals surface area contributed by atoms with Crippen molar-refractivity contribution in [3.63, 3.8) is 0 Å². The second kappa shape index (κ2) is 75.4. The second-order valence-electron chi connectivity index (χ2n) is 29.9. The number of benzene rings is 10. The summed E-state index contributed by atoms with van der Waals surface area (Å²) in [6.07, 6.45) is 19.1. The van der Waals surface area contributed by atoms with Crippen LogP contribution in [0.2, 0.25) is 0 Å². The Morgan fingerprint density at radius 1 is 0.336 bits per heavy atom. The zero-order valence-electron chi connectivity index (χ0n) is 79.1. The maximum absolute atomic E-state index is 11.8. The number of anilines is 2. The van der Waals surface area contributed by atoms with Gasteiger partial charge in [0.05, 0.1) is 82.0 Å². The maximum atomic E-state index is 11.8. The Kier molecular flexibility index (Phi) is 63.8. The van der Waals surface area contributed by atoms with Gasteiger partial charge in [0.1, 0.15) is 63.2 Å². The molecule has 0 atom stereocenters. The first-order valence-electron chi connectivity index (χ1n) is 44.9. The normalized spacial score (nSPS) is 9.92. The van der Waals surface area contributed by atoms with E-state index in [-0.39, 0.29) is 81.6 Å². The van der Waals surface area contributed by atoms with E-state index in [4.69, 9.17) is 85.4 Å². The number of carboxylic acid groups (broad SMARTS) is 1. The van der Waals surface area contributed by atoms with E-state index in [1.165, 1.54) is 110 Å². The number of methoxy groups -OCH3 is 1. The number of isocyanates is 1. The minimum atomic E-state index is -1.67. The van der Waals surface area contributed by atoms with E-state index in [9.17, 15) is 94.2 Å². The number of halogens is 3. The second-order valence-corrected chi connectivity index (χ2v) is 32.9. The van der Waals surface area contributed by atoms with E-state index in [1.54, 1.807) is 128 Å². The average Bonchev–Trinajstić information content (AvgIpc) is 0.901. The number of rotatable bonds is 53. The number of aliphatic imine (C=N–C) groups is 1. The lowest BCUT2D eigenvalue weighted by atomic mass is 10.2. The molecule has 47 heteroatoms. The van der Waals surface area contributed by atoms with Crippen LogP contribution in [-0.4, -0.2) is 132 Å². The Bertz CT molecular complexity index is 5630. The number of nitro benzene ring substituents is 6. The van der Waals surface area contributed by atoms with Crippen molar-refractivity contribution in [3.8, 4) is 69.5 Å². The minimum absolute atomic E-state index is 0.00823. The lowest BCUT2D eigenvalue weighted by Gasteiger charge is -2.07. The summed E-state index contributed by atoms with van der Waals surface area (Å²) >= 11 is 5.20. The van der Waals surface area contributed by atoms with Crippen LogP contribution in [0.15, 0.2) is 248 Å². The molecule has 0 saturated heterocycles. The molecule has 0 aliphatic carbocycles. The van der Waals surface area contributed by atoms with Gasteiger partial charge >= 0.3 is 29.8 Å². The van der Waals surface area contributed by atoms with Gasteiger partial charge in [0.2, 0.25) is 20.5 Å². The molecule has 146 heavy (non-hydrogen) atoms. The van der Waals surface area contributed by atoms with E-state index in [0.717, 1.165) is 108 Å². The van der Waals surface area contributed by atoms with Crippen LogP contribution >= 0.6 is 33.0 Å². The molecule has 0 heterocycles. The van der Waals surface area contributed by atoms with Crippen molar-refractivity contribution in [1.29, 1.82) is 5.26 Å². The highest BCUT2D eigenvalue weighted by atomic mass is 36.0. The third kappa shape index (κ3) is 61.9. The number of carboxylic acids is 1. The molecular formula is C99H109Cl3N10O33S. The van der Waals surface area contributed by atoms with Crippen molar-refractivity contribution in [2.75, 3.05) is 58.2 Å². The number of esters is 4. The van der Waals surface area contributed by atoms with Crippen LogP contribution in [-0.2, 0) is 47.5 Å². The summed E-state index contributed by atoms with van der Waals surface area (Å²) in [5, 5.41) is 87.7. The number of nitrogen functional groups attached to an aromatic ring is 2. The number of nitriles is 1. The molecule has 10 rings (SSSR count). The van der Waals surface area contributed by atoms with Gasteiger partial charge in [0, 0.05) is 144 Å². The van der Waals surface area contributed by atoms with Gasteiger partial charge in [0.15, 0.2) is 0 Å². The van der Waals surface area contributed by atoms with Gasteiger partial charge < -0.3 is 73.8 Å². The Morgan fingerprint density at radius 3 is 0.788 bits per heavy atom. The first-order chi connectivity index (χ1) is 70.0. The zero-order valence-corrected chi connectivity index (χ0v) is 82.2. The van der Waals surface area contributed by atoms with Crippen LogP contribution in [0.5, 0.6) is 63.2 Å². The molecule has 0 amide bonds. The number of unbranched alkanes of at least 4 members (excludes halogenated alkanes) is 12. The number of carbonyl (C=O) groups is 6. The number of aromatic hydroxyl groups is 1. The molecule has 10 aromatic rings. The van der Waals surface area contributed by atoms with E-state index in [0.29, 0.717) is 142 Å². The number of aliphatic carboxylic acids is 1. The first kappa shape index (κ1) is 124. The molecule has 0 fully saturated rings. The lowest BCUT2D eigenvalue weighted by Crippen LogP contribution is -2.08.